The molecule has 0 atom stereocenters. The third kappa shape index (κ3) is 2.93. The average molecular weight is 240 g/mol. The van der Waals surface area contributed by atoms with Gasteiger partial charge in [0.15, 0.2) is 9.84 Å². The molecule has 4 nitrogen and oxygen atoms in total. The van der Waals surface area contributed by atoms with Crippen molar-refractivity contribution in [2.75, 3.05) is 5.75 Å². The molecule has 0 amide bonds. The number of sulfone groups is 1. The van der Waals surface area contributed by atoms with E-state index < -0.39 is 15.8 Å². The summed E-state index contributed by atoms with van der Waals surface area (Å²) in [7, 11) is -3.48. The van der Waals surface area contributed by atoms with Gasteiger partial charge in [-0.1, -0.05) is 18.2 Å². The number of carbonyl (C=O) groups is 1. The molecule has 0 bridgehead atoms. The van der Waals surface area contributed by atoms with Crippen LogP contribution in [0.4, 0.5) is 0 Å². The molecule has 0 spiro atoms. The number of benzene rings is 1. The van der Waals surface area contributed by atoms with Gasteiger partial charge in [0.05, 0.1) is 16.2 Å². The third-order valence-electron chi connectivity index (χ3n) is 1.88. The number of hydrogen-bond donors (Lipinski definition) is 1. The van der Waals surface area contributed by atoms with Gasteiger partial charge in [0.1, 0.15) is 0 Å². The fourth-order valence-corrected chi connectivity index (χ4v) is 2.64. The van der Waals surface area contributed by atoms with E-state index in [1.807, 2.05) is 0 Å². The highest BCUT2D eigenvalue weighted by atomic mass is 32.2. The Balaban J connectivity index is 3.19. The zero-order valence-corrected chi connectivity index (χ0v) is 9.62. The van der Waals surface area contributed by atoms with Crippen LogP contribution in [0.25, 0.3) is 0 Å². The van der Waals surface area contributed by atoms with E-state index in [2.05, 4.69) is 6.58 Å². The second kappa shape index (κ2) is 4.49. The van der Waals surface area contributed by atoms with Gasteiger partial charge in [0.25, 0.3) is 0 Å². The summed E-state index contributed by atoms with van der Waals surface area (Å²) in [5.74, 6) is -1.32. The van der Waals surface area contributed by atoms with Crippen LogP contribution in [0.2, 0.25) is 0 Å². The van der Waals surface area contributed by atoms with Crippen LogP contribution in [0.1, 0.15) is 17.3 Å². The monoisotopic (exact) mass is 240 g/mol. The Labute approximate surface area is 94.1 Å². The minimum Gasteiger partial charge on any atom is -0.478 e. The second-order valence-corrected chi connectivity index (χ2v) is 5.54. The highest BCUT2D eigenvalue weighted by molar-refractivity contribution is 7.91. The number of aromatic carboxylic acids is 1. The summed E-state index contributed by atoms with van der Waals surface area (Å²) in [5, 5.41) is 8.74. The molecule has 86 valence electrons. The lowest BCUT2D eigenvalue weighted by Gasteiger charge is -2.04. The Kier molecular flexibility index (Phi) is 3.49. The van der Waals surface area contributed by atoms with Crippen molar-refractivity contribution in [2.24, 2.45) is 0 Å². The molecule has 0 saturated heterocycles. The van der Waals surface area contributed by atoms with Crippen LogP contribution in [-0.4, -0.2) is 25.2 Å². The molecule has 0 radical (unpaired) electrons. The minimum absolute atomic E-state index is 0.00963. The molecule has 16 heavy (non-hydrogen) atoms. The second-order valence-electron chi connectivity index (χ2n) is 3.55. The summed E-state index contributed by atoms with van der Waals surface area (Å²) in [6.45, 7) is 5.14. The van der Waals surface area contributed by atoms with Crippen molar-refractivity contribution in [3.8, 4) is 0 Å². The molecule has 0 aromatic heterocycles. The Morgan fingerprint density at radius 3 is 2.56 bits per heavy atom. The number of carboxylic acids is 1. The number of rotatable bonds is 4. The van der Waals surface area contributed by atoms with Crippen LogP contribution in [0.15, 0.2) is 41.3 Å². The van der Waals surface area contributed by atoms with E-state index in [0.717, 1.165) is 6.07 Å². The van der Waals surface area contributed by atoms with E-state index in [1.165, 1.54) is 18.2 Å². The van der Waals surface area contributed by atoms with Gasteiger partial charge < -0.3 is 5.11 Å². The molecule has 5 heteroatoms. The maximum Gasteiger partial charge on any atom is 0.335 e. The fourth-order valence-electron chi connectivity index (χ4n) is 1.23. The SMILES string of the molecule is C=C(C)CS(=O)(=O)c1cccc(C(=O)O)c1. The minimum atomic E-state index is -3.48. The molecule has 1 N–H and O–H groups in total. The predicted octanol–water partition coefficient (Wildman–Crippen LogP) is 1.73. The van der Waals surface area contributed by atoms with Gasteiger partial charge in [0, 0.05) is 0 Å². The molecule has 0 aliphatic rings. The van der Waals surface area contributed by atoms with Crippen LogP contribution in [0.3, 0.4) is 0 Å². The van der Waals surface area contributed by atoms with E-state index in [-0.39, 0.29) is 16.2 Å². The Morgan fingerprint density at radius 1 is 1.44 bits per heavy atom. The Morgan fingerprint density at radius 2 is 2.06 bits per heavy atom. The lowest BCUT2D eigenvalue weighted by atomic mass is 10.2. The molecule has 0 unspecified atom stereocenters. The molecule has 0 aliphatic heterocycles. The Bertz CT molecular complexity index is 529. The van der Waals surface area contributed by atoms with Crippen molar-refractivity contribution in [1.29, 1.82) is 0 Å². The number of carboxylic acid groups (broad SMARTS) is 1. The first-order valence-corrected chi connectivity index (χ1v) is 6.18. The lowest BCUT2D eigenvalue weighted by molar-refractivity contribution is 0.0696. The van der Waals surface area contributed by atoms with Crippen molar-refractivity contribution in [2.45, 2.75) is 11.8 Å². The van der Waals surface area contributed by atoms with Crippen molar-refractivity contribution in [3.63, 3.8) is 0 Å². The van der Waals surface area contributed by atoms with Gasteiger partial charge in [-0.15, -0.1) is 0 Å². The molecule has 0 heterocycles. The summed E-state index contributed by atoms with van der Waals surface area (Å²) in [6, 6.07) is 5.29. The van der Waals surface area contributed by atoms with E-state index in [4.69, 9.17) is 5.11 Å². The predicted molar refractivity (Wildman–Crippen MR) is 60.3 cm³/mol. The first kappa shape index (κ1) is 12.4. The maximum absolute atomic E-state index is 11.8. The summed E-state index contributed by atoms with van der Waals surface area (Å²) in [6.07, 6.45) is 0. The standard InChI is InChI=1S/C11H12O4S/c1-8(2)7-16(14,15)10-5-3-4-9(6-10)11(12)13/h3-6H,1,7H2,2H3,(H,12,13). The van der Waals surface area contributed by atoms with Crippen molar-refractivity contribution in [3.05, 3.63) is 42.0 Å². The summed E-state index contributed by atoms with van der Waals surface area (Å²) in [4.78, 5) is 10.7. The molecule has 0 fully saturated rings. The third-order valence-corrected chi connectivity index (χ3v) is 3.72. The van der Waals surface area contributed by atoms with Crippen LogP contribution >= 0.6 is 0 Å². The Hall–Kier alpha value is -1.62. The molecule has 1 rings (SSSR count). The molecule has 1 aromatic rings. The first-order valence-electron chi connectivity index (χ1n) is 4.53. The molecule has 1 aromatic carbocycles. The topological polar surface area (TPSA) is 71.4 Å². The van der Waals surface area contributed by atoms with Gasteiger partial charge in [-0.25, -0.2) is 13.2 Å². The van der Waals surface area contributed by atoms with E-state index in [9.17, 15) is 13.2 Å². The summed E-state index contributed by atoms with van der Waals surface area (Å²) >= 11 is 0. The van der Waals surface area contributed by atoms with Gasteiger partial charge in [-0.05, 0) is 25.1 Å². The molecule has 0 saturated carbocycles. The van der Waals surface area contributed by atoms with Crippen LogP contribution in [0.5, 0.6) is 0 Å². The zero-order valence-electron chi connectivity index (χ0n) is 8.80. The quantitative estimate of drug-likeness (QED) is 0.813. The van der Waals surface area contributed by atoms with Gasteiger partial charge in [-0.2, -0.15) is 0 Å². The molecular formula is C11H12O4S. The largest absolute Gasteiger partial charge is 0.478 e. The maximum atomic E-state index is 11.8. The lowest BCUT2D eigenvalue weighted by Crippen LogP contribution is -2.08. The van der Waals surface area contributed by atoms with Crippen LogP contribution < -0.4 is 0 Å². The van der Waals surface area contributed by atoms with E-state index in [1.54, 1.807) is 6.92 Å². The molecular weight excluding hydrogens is 228 g/mol. The first-order chi connectivity index (χ1) is 7.33. The summed E-state index contributed by atoms with van der Waals surface area (Å²) in [5.41, 5.74) is 0.475. The van der Waals surface area contributed by atoms with Gasteiger partial charge in [0.2, 0.25) is 0 Å². The van der Waals surface area contributed by atoms with Crippen LogP contribution in [-0.2, 0) is 9.84 Å². The van der Waals surface area contributed by atoms with Crippen LogP contribution in [0, 0.1) is 0 Å². The van der Waals surface area contributed by atoms with Crippen molar-refractivity contribution in [1.82, 2.24) is 0 Å². The molecule has 0 aliphatic carbocycles. The van der Waals surface area contributed by atoms with Crippen molar-refractivity contribution >= 4 is 15.8 Å². The zero-order chi connectivity index (χ0) is 12.3. The van der Waals surface area contributed by atoms with Crippen molar-refractivity contribution < 1.29 is 18.3 Å². The summed E-state index contributed by atoms with van der Waals surface area (Å²) < 4.78 is 23.5. The normalized spacial score (nSPS) is 11.1. The van der Waals surface area contributed by atoms with E-state index >= 15 is 0 Å². The highest BCUT2D eigenvalue weighted by Crippen LogP contribution is 2.15. The number of hydrogen-bond acceptors (Lipinski definition) is 3. The fraction of sp³-hybridized carbons (Fsp3) is 0.182. The average Bonchev–Trinajstić information content (AvgIpc) is 2.16. The van der Waals surface area contributed by atoms with Gasteiger partial charge >= 0.3 is 5.97 Å². The smallest absolute Gasteiger partial charge is 0.335 e. The van der Waals surface area contributed by atoms with E-state index in [0.29, 0.717) is 5.57 Å². The van der Waals surface area contributed by atoms with Gasteiger partial charge in [-0.3, -0.25) is 0 Å². The highest BCUT2D eigenvalue weighted by Gasteiger charge is 2.16.